The van der Waals surface area contributed by atoms with Gasteiger partial charge in [0.2, 0.25) is 23.5 Å². The summed E-state index contributed by atoms with van der Waals surface area (Å²) in [6.07, 6.45) is 1.06. The van der Waals surface area contributed by atoms with Gasteiger partial charge in [0.1, 0.15) is 23.5 Å². The Hall–Kier alpha value is -4.78. The number of benzene rings is 2. The van der Waals surface area contributed by atoms with Crippen LogP contribution in [0.2, 0.25) is 0 Å². The standard InChI is InChI=1S/C38H44N6O6S/c1-19(2)15-27(42-34(47)26-17-21-23(40-26)10-8-11-28(21)50-5)37(49)44-18-22-30(38(22,3)4)31(44)35(48)41-25(16-20-13-14-39-33(20)46)32(45)36-43-24-9-6-7-12-29(24)51-36/h6-12,17,19-20,22,25,27,30-31,40H,13-16,18H2,1-5H3,(H,39,46)(H,41,48)(H,42,47)/t20-,22-,25-,27-,30-,31-/m0/s1. The van der Waals surface area contributed by atoms with Gasteiger partial charge in [-0.3, -0.25) is 24.0 Å². The summed E-state index contributed by atoms with van der Waals surface area (Å²) in [7, 11) is 1.57. The Morgan fingerprint density at radius 2 is 1.86 bits per heavy atom. The number of nitrogens with zero attached hydrogens (tertiary/aromatic N) is 2. The molecule has 2 aromatic heterocycles. The van der Waals surface area contributed by atoms with Gasteiger partial charge in [-0.15, -0.1) is 11.3 Å². The van der Waals surface area contributed by atoms with Gasteiger partial charge in [-0.25, -0.2) is 4.98 Å². The molecule has 0 spiro atoms. The summed E-state index contributed by atoms with van der Waals surface area (Å²) in [4.78, 5) is 78.4. The highest BCUT2D eigenvalue weighted by Gasteiger charge is 2.69. The highest BCUT2D eigenvalue weighted by Crippen LogP contribution is 2.65. The van der Waals surface area contributed by atoms with E-state index >= 15 is 0 Å². The monoisotopic (exact) mass is 712 g/mol. The summed E-state index contributed by atoms with van der Waals surface area (Å²) in [5.74, 6) is -1.48. The van der Waals surface area contributed by atoms with Gasteiger partial charge in [0, 0.05) is 29.9 Å². The molecule has 0 unspecified atom stereocenters. The number of amides is 4. The van der Waals surface area contributed by atoms with E-state index in [1.54, 1.807) is 18.1 Å². The summed E-state index contributed by atoms with van der Waals surface area (Å²) in [6, 6.07) is 11.9. The van der Waals surface area contributed by atoms with Gasteiger partial charge < -0.3 is 30.6 Å². The van der Waals surface area contributed by atoms with Crippen LogP contribution in [-0.2, 0) is 14.4 Å². The molecule has 6 atom stereocenters. The number of methoxy groups -OCH3 is 1. The van der Waals surface area contributed by atoms with Crippen molar-refractivity contribution in [1.29, 1.82) is 0 Å². The Balaban J connectivity index is 1.14. The van der Waals surface area contributed by atoms with E-state index in [4.69, 9.17) is 4.74 Å². The molecule has 4 heterocycles. The number of H-pyrrole nitrogens is 1. The van der Waals surface area contributed by atoms with Crippen molar-refractivity contribution in [3.05, 3.63) is 59.2 Å². The molecule has 4 N–H and O–H groups in total. The van der Waals surface area contributed by atoms with Crippen molar-refractivity contribution in [2.24, 2.45) is 29.1 Å². The van der Waals surface area contributed by atoms with Crippen molar-refractivity contribution < 1.29 is 28.7 Å². The molecule has 1 saturated carbocycles. The second kappa shape index (κ2) is 13.4. The third-order valence-corrected chi connectivity index (χ3v) is 12.0. The van der Waals surface area contributed by atoms with E-state index in [2.05, 4.69) is 39.8 Å². The van der Waals surface area contributed by atoms with E-state index in [0.717, 1.165) is 15.6 Å². The van der Waals surface area contributed by atoms with Crippen molar-refractivity contribution in [1.82, 2.24) is 30.8 Å². The Labute approximate surface area is 300 Å². The van der Waals surface area contributed by atoms with Crippen LogP contribution in [0.3, 0.4) is 0 Å². The first-order valence-electron chi connectivity index (χ1n) is 17.6. The van der Waals surface area contributed by atoms with E-state index in [1.807, 2.05) is 56.3 Å². The van der Waals surface area contributed by atoms with Gasteiger partial charge >= 0.3 is 0 Å². The van der Waals surface area contributed by atoms with Gasteiger partial charge in [-0.1, -0.05) is 45.9 Å². The van der Waals surface area contributed by atoms with E-state index < -0.39 is 35.9 Å². The number of para-hydroxylation sites is 1. The van der Waals surface area contributed by atoms with Crippen molar-refractivity contribution in [2.45, 2.75) is 65.1 Å². The van der Waals surface area contributed by atoms with Gasteiger partial charge in [-0.05, 0) is 72.8 Å². The lowest BCUT2D eigenvalue weighted by molar-refractivity contribution is -0.142. The minimum atomic E-state index is -1.00. The van der Waals surface area contributed by atoms with Crippen LogP contribution < -0.4 is 20.7 Å². The van der Waals surface area contributed by atoms with E-state index in [9.17, 15) is 24.0 Å². The van der Waals surface area contributed by atoms with Crippen LogP contribution in [0.25, 0.3) is 21.1 Å². The molecule has 4 amide bonds. The van der Waals surface area contributed by atoms with Gasteiger partial charge in [-0.2, -0.15) is 0 Å². The Morgan fingerprint density at radius 3 is 2.57 bits per heavy atom. The van der Waals surface area contributed by atoms with Crippen LogP contribution in [0.15, 0.2) is 48.5 Å². The first-order chi connectivity index (χ1) is 24.4. The highest BCUT2D eigenvalue weighted by atomic mass is 32.1. The first-order valence-corrected chi connectivity index (χ1v) is 18.4. The van der Waals surface area contributed by atoms with Crippen molar-refractivity contribution in [2.75, 3.05) is 20.2 Å². The van der Waals surface area contributed by atoms with Crippen molar-refractivity contribution in [3.63, 3.8) is 0 Å². The summed E-state index contributed by atoms with van der Waals surface area (Å²) in [5.41, 5.74) is 1.53. The third-order valence-electron chi connectivity index (χ3n) is 11.0. The summed E-state index contributed by atoms with van der Waals surface area (Å²) in [5, 5.41) is 9.80. The molecule has 12 nitrogen and oxygen atoms in total. The number of carbonyl (C=O) groups is 5. The summed E-state index contributed by atoms with van der Waals surface area (Å²) >= 11 is 1.26. The second-order valence-corrected chi connectivity index (χ2v) is 16.1. The van der Waals surface area contributed by atoms with Gasteiger partial charge in [0.05, 0.1) is 23.4 Å². The number of fused-ring (bicyclic) bond motifs is 3. The molecule has 4 aromatic rings. The number of likely N-dealkylation sites (tertiary alicyclic amines) is 1. The molecule has 3 fully saturated rings. The Bertz CT molecular complexity index is 2000. The number of aromatic amines is 1. The van der Waals surface area contributed by atoms with E-state index in [1.165, 1.54) is 11.3 Å². The summed E-state index contributed by atoms with van der Waals surface area (Å²) < 4.78 is 6.31. The number of ether oxygens (including phenoxy) is 1. The first kappa shape index (κ1) is 34.7. The van der Waals surface area contributed by atoms with Crippen LogP contribution in [0, 0.1) is 29.1 Å². The molecule has 2 saturated heterocycles. The van der Waals surface area contributed by atoms with E-state index in [0.29, 0.717) is 42.9 Å². The molecular weight excluding hydrogens is 669 g/mol. The van der Waals surface area contributed by atoms with Crippen LogP contribution in [0.5, 0.6) is 5.75 Å². The molecule has 51 heavy (non-hydrogen) atoms. The van der Waals surface area contributed by atoms with Crippen LogP contribution in [-0.4, -0.2) is 82.6 Å². The summed E-state index contributed by atoms with van der Waals surface area (Å²) in [6.45, 7) is 9.02. The lowest BCUT2D eigenvalue weighted by Crippen LogP contribution is -2.58. The average molecular weight is 713 g/mol. The Morgan fingerprint density at radius 1 is 1.08 bits per heavy atom. The predicted octanol–water partition coefficient (Wildman–Crippen LogP) is 4.31. The number of carbonyl (C=O) groups excluding carboxylic acids is 5. The second-order valence-electron chi connectivity index (χ2n) is 15.1. The molecule has 268 valence electrons. The fourth-order valence-electron chi connectivity index (χ4n) is 8.14. The highest BCUT2D eigenvalue weighted by molar-refractivity contribution is 7.20. The molecule has 0 radical (unpaired) electrons. The number of Topliss-reactive ketones (excluding diaryl/α,β-unsaturated/α-hetero) is 1. The number of thiazole rings is 1. The van der Waals surface area contributed by atoms with Gasteiger partial charge in [0.25, 0.3) is 5.91 Å². The number of nitrogens with one attached hydrogen (secondary N) is 4. The van der Waals surface area contributed by atoms with Crippen LogP contribution in [0.4, 0.5) is 0 Å². The number of hydrogen-bond donors (Lipinski definition) is 4. The Kier molecular flexibility index (Phi) is 9.11. The molecular formula is C38H44N6O6S. The molecule has 7 rings (SSSR count). The number of aromatic nitrogens is 2. The van der Waals surface area contributed by atoms with E-state index in [-0.39, 0.29) is 52.2 Å². The lowest BCUT2D eigenvalue weighted by atomic mass is 9.94. The van der Waals surface area contributed by atoms with Crippen LogP contribution in [0.1, 0.15) is 67.2 Å². The molecule has 2 aliphatic heterocycles. The SMILES string of the molecule is COc1cccc2[nH]c(C(=O)N[C@@H](CC(C)C)C(=O)N3C[C@H]4[C@@H]([C@H]3C(=O)N[C@@H](C[C@@H]3CCNC3=O)C(=O)c3nc5ccccc5s3)C4(C)C)cc12. The minimum absolute atomic E-state index is 0.0660. The van der Waals surface area contributed by atoms with Crippen LogP contribution >= 0.6 is 11.3 Å². The molecule has 2 aromatic carbocycles. The third kappa shape index (κ3) is 6.47. The lowest BCUT2D eigenvalue weighted by Gasteiger charge is -2.34. The maximum Gasteiger partial charge on any atom is 0.268 e. The van der Waals surface area contributed by atoms with Gasteiger partial charge in [0.15, 0.2) is 5.01 Å². The smallest absolute Gasteiger partial charge is 0.268 e. The topological polar surface area (TPSA) is 163 Å². The fourth-order valence-corrected chi connectivity index (χ4v) is 9.10. The minimum Gasteiger partial charge on any atom is -0.496 e. The quantitative estimate of drug-likeness (QED) is 0.159. The number of piperidine rings is 1. The fraction of sp³-hybridized carbons (Fsp3) is 0.474. The zero-order valence-electron chi connectivity index (χ0n) is 29.4. The number of ketones is 1. The average Bonchev–Trinajstić information content (AvgIpc) is 3.76. The largest absolute Gasteiger partial charge is 0.496 e. The maximum absolute atomic E-state index is 14.4. The molecule has 0 bridgehead atoms. The zero-order chi connectivity index (χ0) is 36.2. The molecule has 1 aliphatic carbocycles. The number of rotatable bonds is 12. The molecule has 13 heteroatoms. The number of hydrogen-bond acceptors (Lipinski definition) is 8. The normalized spacial score (nSPS) is 23.2. The molecule has 3 aliphatic rings. The van der Waals surface area contributed by atoms with Crippen molar-refractivity contribution in [3.8, 4) is 5.75 Å². The van der Waals surface area contributed by atoms with Crippen molar-refractivity contribution >= 4 is 61.9 Å². The zero-order valence-corrected chi connectivity index (χ0v) is 30.3. The maximum atomic E-state index is 14.4. The predicted molar refractivity (Wildman–Crippen MR) is 193 cm³/mol.